The maximum Gasteiger partial charge on any atom is 0.251 e. The molecule has 2 heterocycles. The Morgan fingerprint density at radius 2 is 2.00 bits per heavy atom. The molecular formula is C16H16N6O2S2. The van der Waals surface area contributed by atoms with Gasteiger partial charge in [0.2, 0.25) is 11.1 Å². The number of tetrazole rings is 1. The third kappa shape index (κ3) is 3.75. The zero-order valence-corrected chi connectivity index (χ0v) is 15.7. The number of amides is 2. The lowest BCUT2D eigenvalue weighted by Crippen LogP contribution is -2.18. The summed E-state index contributed by atoms with van der Waals surface area (Å²) in [6.07, 6.45) is 0. The van der Waals surface area contributed by atoms with E-state index in [4.69, 9.17) is 5.73 Å². The minimum Gasteiger partial charge on any atom is -0.366 e. The first-order valence-corrected chi connectivity index (χ1v) is 9.49. The number of hydrogen-bond acceptors (Lipinski definition) is 7. The number of hydrogen-bond donors (Lipinski definition) is 2. The third-order valence-corrected chi connectivity index (χ3v) is 5.36. The molecule has 3 aromatic rings. The Kier molecular flexibility index (Phi) is 5.33. The van der Waals surface area contributed by atoms with E-state index in [0.29, 0.717) is 15.7 Å². The van der Waals surface area contributed by atoms with E-state index in [-0.39, 0.29) is 11.7 Å². The van der Waals surface area contributed by atoms with Crippen LogP contribution < -0.4 is 11.1 Å². The molecule has 134 valence electrons. The number of thioether (sulfide) groups is 1. The second kappa shape index (κ2) is 7.67. The van der Waals surface area contributed by atoms with Crippen molar-refractivity contribution in [3.63, 3.8) is 0 Å². The highest BCUT2D eigenvalue weighted by Crippen LogP contribution is 2.25. The lowest BCUT2D eigenvalue weighted by molar-refractivity contribution is -0.113. The number of para-hydroxylation sites is 1. The Labute approximate surface area is 157 Å². The van der Waals surface area contributed by atoms with Crippen molar-refractivity contribution in [1.82, 2.24) is 20.2 Å². The van der Waals surface area contributed by atoms with Crippen molar-refractivity contribution in [2.24, 2.45) is 5.73 Å². The summed E-state index contributed by atoms with van der Waals surface area (Å²) in [5, 5.41) is 17.1. The van der Waals surface area contributed by atoms with Crippen LogP contribution in [0.3, 0.4) is 0 Å². The molecule has 0 aliphatic heterocycles. The van der Waals surface area contributed by atoms with Gasteiger partial charge in [-0.25, -0.2) is 0 Å². The number of nitrogens with zero attached hydrogens (tertiary/aromatic N) is 4. The molecule has 3 rings (SSSR count). The molecule has 0 aliphatic rings. The van der Waals surface area contributed by atoms with Gasteiger partial charge in [0.1, 0.15) is 5.00 Å². The van der Waals surface area contributed by atoms with E-state index in [1.807, 2.05) is 32.0 Å². The van der Waals surface area contributed by atoms with Crippen LogP contribution in [0.25, 0.3) is 5.69 Å². The van der Waals surface area contributed by atoms with Gasteiger partial charge in [0.05, 0.1) is 17.0 Å². The van der Waals surface area contributed by atoms with Crippen molar-refractivity contribution < 1.29 is 9.59 Å². The Balaban J connectivity index is 1.71. The summed E-state index contributed by atoms with van der Waals surface area (Å²) in [4.78, 5) is 23.5. The van der Waals surface area contributed by atoms with Gasteiger partial charge in [-0.15, -0.1) is 16.4 Å². The first-order chi connectivity index (χ1) is 12.5. The summed E-state index contributed by atoms with van der Waals surface area (Å²) < 4.78 is 1.63. The number of anilines is 1. The molecule has 0 radical (unpaired) electrons. The molecule has 8 nitrogen and oxygen atoms in total. The molecule has 1 aromatic carbocycles. The topological polar surface area (TPSA) is 116 Å². The number of nitrogens with two attached hydrogens (primary N) is 1. The van der Waals surface area contributed by atoms with Crippen molar-refractivity contribution in [3.8, 4) is 5.69 Å². The summed E-state index contributed by atoms with van der Waals surface area (Å²) in [5.41, 5.74) is 8.55. The van der Waals surface area contributed by atoms with Crippen LogP contribution in [0.5, 0.6) is 0 Å². The predicted octanol–water partition coefficient (Wildman–Crippen LogP) is 2.17. The Bertz CT molecular complexity index is 945. The lowest BCUT2D eigenvalue weighted by Gasteiger charge is -2.10. The highest BCUT2D eigenvalue weighted by Gasteiger charge is 2.16. The summed E-state index contributed by atoms with van der Waals surface area (Å²) in [6, 6.07) is 7.51. The summed E-state index contributed by atoms with van der Waals surface area (Å²) in [6.45, 7) is 3.96. The second-order valence-electron chi connectivity index (χ2n) is 5.48. The van der Waals surface area contributed by atoms with Crippen LogP contribution in [0.15, 0.2) is 34.8 Å². The van der Waals surface area contributed by atoms with Crippen LogP contribution in [-0.2, 0) is 4.79 Å². The van der Waals surface area contributed by atoms with Crippen molar-refractivity contribution in [2.45, 2.75) is 19.0 Å². The number of rotatable bonds is 6. The van der Waals surface area contributed by atoms with Gasteiger partial charge in [0.15, 0.2) is 0 Å². The standard InChI is InChI=1S/C16H16N6O2S2/c1-9-4-3-5-10(2)13(9)22-16(19-20-21-22)26-8-12(23)18-15-11(14(17)24)6-7-25-15/h3-7H,8H2,1-2H3,(H2,17,24)(H,18,23). The van der Waals surface area contributed by atoms with Crippen LogP contribution in [0.2, 0.25) is 0 Å². The van der Waals surface area contributed by atoms with E-state index in [9.17, 15) is 9.59 Å². The maximum atomic E-state index is 12.2. The van der Waals surface area contributed by atoms with E-state index in [0.717, 1.165) is 16.8 Å². The lowest BCUT2D eigenvalue weighted by atomic mass is 10.1. The molecule has 0 saturated heterocycles. The van der Waals surface area contributed by atoms with Crippen LogP contribution in [0.4, 0.5) is 5.00 Å². The molecule has 0 bridgehead atoms. The number of aryl methyl sites for hydroxylation is 2. The quantitative estimate of drug-likeness (QED) is 0.625. The van der Waals surface area contributed by atoms with Gasteiger partial charge in [0.25, 0.3) is 5.91 Å². The number of nitrogens with one attached hydrogen (secondary N) is 1. The molecule has 10 heteroatoms. The van der Waals surface area contributed by atoms with Crippen molar-refractivity contribution in [3.05, 3.63) is 46.3 Å². The second-order valence-corrected chi connectivity index (χ2v) is 7.34. The molecule has 0 atom stereocenters. The molecule has 0 spiro atoms. The summed E-state index contributed by atoms with van der Waals surface area (Å²) in [5.74, 6) is -0.745. The SMILES string of the molecule is Cc1cccc(C)c1-n1nnnc1SCC(=O)Nc1sccc1C(N)=O. The van der Waals surface area contributed by atoms with E-state index in [1.54, 1.807) is 16.1 Å². The molecule has 0 saturated carbocycles. The fourth-order valence-corrected chi connectivity index (χ4v) is 3.93. The van der Waals surface area contributed by atoms with Crippen LogP contribution in [-0.4, -0.2) is 37.8 Å². The summed E-state index contributed by atoms with van der Waals surface area (Å²) in [7, 11) is 0. The molecular weight excluding hydrogens is 372 g/mol. The van der Waals surface area contributed by atoms with Gasteiger partial charge in [-0.3, -0.25) is 9.59 Å². The van der Waals surface area contributed by atoms with E-state index in [2.05, 4.69) is 20.8 Å². The van der Waals surface area contributed by atoms with Crippen molar-refractivity contribution in [1.29, 1.82) is 0 Å². The van der Waals surface area contributed by atoms with Crippen LogP contribution in [0.1, 0.15) is 21.5 Å². The Hall–Kier alpha value is -2.72. The van der Waals surface area contributed by atoms with Gasteiger partial charge in [-0.2, -0.15) is 4.68 Å². The number of thiophene rings is 1. The average Bonchev–Trinajstić information content (AvgIpc) is 3.22. The van der Waals surface area contributed by atoms with Crippen molar-refractivity contribution in [2.75, 3.05) is 11.1 Å². The number of aromatic nitrogens is 4. The zero-order chi connectivity index (χ0) is 18.7. The van der Waals surface area contributed by atoms with Crippen LogP contribution >= 0.6 is 23.1 Å². The van der Waals surface area contributed by atoms with E-state index in [1.165, 1.54) is 23.1 Å². The highest BCUT2D eigenvalue weighted by atomic mass is 32.2. The van der Waals surface area contributed by atoms with Gasteiger partial charge in [-0.1, -0.05) is 30.0 Å². The van der Waals surface area contributed by atoms with E-state index >= 15 is 0 Å². The van der Waals surface area contributed by atoms with Crippen molar-refractivity contribution >= 4 is 39.9 Å². The van der Waals surface area contributed by atoms with E-state index < -0.39 is 5.91 Å². The zero-order valence-electron chi connectivity index (χ0n) is 14.1. The monoisotopic (exact) mass is 388 g/mol. The highest BCUT2D eigenvalue weighted by molar-refractivity contribution is 7.99. The number of carbonyl (C=O) groups excluding carboxylic acids is 2. The predicted molar refractivity (Wildman–Crippen MR) is 101 cm³/mol. The first kappa shape index (κ1) is 18.1. The van der Waals surface area contributed by atoms with Gasteiger partial charge in [-0.05, 0) is 46.8 Å². The number of primary amides is 1. The minimum absolute atomic E-state index is 0.0986. The number of carbonyl (C=O) groups is 2. The molecule has 0 fully saturated rings. The van der Waals surface area contributed by atoms with Gasteiger partial charge in [0, 0.05) is 0 Å². The molecule has 2 aromatic heterocycles. The fourth-order valence-electron chi connectivity index (χ4n) is 2.44. The normalized spacial score (nSPS) is 10.7. The smallest absolute Gasteiger partial charge is 0.251 e. The van der Waals surface area contributed by atoms with Gasteiger partial charge >= 0.3 is 0 Å². The molecule has 0 aliphatic carbocycles. The first-order valence-electron chi connectivity index (χ1n) is 7.62. The fraction of sp³-hybridized carbons (Fsp3) is 0.188. The Morgan fingerprint density at radius 3 is 2.69 bits per heavy atom. The maximum absolute atomic E-state index is 12.2. The molecule has 2 amide bonds. The molecule has 0 unspecified atom stereocenters. The third-order valence-electron chi connectivity index (χ3n) is 3.61. The molecule has 3 N–H and O–H groups in total. The number of benzene rings is 1. The Morgan fingerprint density at radius 1 is 1.27 bits per heavy atom. The van der Waals surface area contributed by atoms with Crippen LogP contribution in [0, 0.1) is 13.8 Å². The van der Waals surface area contributed by atoms with Gasteiger partial charge < -0.3 is 11.1 Å². The minimum atomic E-state index is -0.576. The summed E-state index contributed by atoms with van der Waals surface area (Å²) >= 11 is 2.46. The largest absolute Gasteiger partial charge is 0.366 e. The average molecular weight is 388 g/mol. The molecule has 26 heavy (non-hydrogen) atoms.